The molecule has 0 radical (unpaired) electrons. The van der Waals surface area contributed by atoms with Crippen LogP contribution in [0.2, 0.25) is 0 Å². The molecule has 0 bridgehead atoms. The van der Waals surface area contributed by atoms with E-state index in [0.29, 0.717) is 19.6 Å². The lowest BCUT2D eigenvalue weighted by molar-refractivity contribution is -0.143. The monoisotopic (exact) mass is 555 g/mol. The second kappa shape index (κ2) is 10.6. The van der Waals surface area contributed by atoms with Crippen molar-refractivity contribution in [3.63, 3.8) is 0 Å². The normalized spacial score (nSPS) is 17.3. The molecule has 0 aliphatic carbocycles. The zero-order valence-electron chi connectivity index (χ0n) is 17.9. The van der Waals surface area contributed by atoms with Gasteiger partial charge in [0.05, 0.1) is 16.7 Å². The standard InChI is InChI=1S/C23H24BrF6NOS/c1-32-21(15-33-20-4-2-3-19(24)14-20)6-9-31(10-7-21)8-5-16-11-17(22(25,26)27)13-18(12-16)23(28,29)30/h2-4,11-14H,5-10,15H2,1H3. The first-order valence-corrected chi connectivity index (χ1v) is 12.1. The Labute approximate surface area is 201 Å². The number of hydrogen-bond donors (Lipinski definition) is 0. The van der Waals surface area contributed by atoms with Crippen molar-refractivity contribution < 1.29 is 31.1 Å². The molecule has 0 aromatic heterocycles. The molecule has 0 spiro atoms. The van der Waals surface area contributed by atoms with E-state index in [1.165, 1.54) is 0 Å². The van der Waals surface area contributed by atoms with E-state index in [2.05, 4.69) is 20.8 Å². The highest BCUT2D eigenvalue weighted by molar-refractivity contribution is 9.10. The average molecular weight is 556 g/mol. The third-order valence-corrected chi connectivity index (χ3v) is 7.61. The summed E-state index contributed by atoms with van der Waals surface area (Å²) in [5, 5.41) is 0. The van der Waals surface area contributed by atoms with Gasteiger partial charge in [-0.05, 0) is 61.2 Å². The van der Waals surface area contributed by atoms with Gasteiger partial charge in [-0.1, -0.05) is 22.0 Å². The number of piperidine rings is 1. The van der Waals surface area contributed by atoms with Gasteiger partial charge in [0.1, 0.15) is 0 Å². The summed E-state index contributed by atoms with van der Waals surface area (Å²) in [4.78, 5) is 3.18. The van der Waals surface area contributed by atoms with Crippen molar-refractivity contribution >= 4 is 27.7 Å². The minimum atomic E-state index is -4.83. The Morgan fingerprint density at radius 1 is 0.970 bits per heavy atom. The van der Waals surface area contributed by atoms with E-state index >= 15 is 0 Å². The second-order valence-corrected chi connectivity index (χ2v) is 10.1. The topological polar surface area (TPSA) is 12.5 Å². The molecule has 0 saturated carbocycles. The summed E-state index contributed by atoms with van der Waals surface area (Å²) in [5.41, 5.74) is -2.82. The highest BCUT2D eigenvalue weighted by Crippen LogP contribution is 2.37. The molecule has 182 valence electrons. The number of rotatable bonds is 7. The number of likely N-dealkylation sites (tertiary alicyclic amines) is 1. The molecule has 33 heavy (non-hydrogen) atoms. The summed E-state index contributed by atoms with van der Waals surface area (Å²) in [6.45, 7) is 1.72. The first-order valence-electron chi connectivity index (χ1n) is 10.3. The van der Waals surface area contributed by atoms with Crippen molar-refractivity contribution in [1.29, 1.82) is 0 Å². The van der Waals surface area contributed by atoms with Gasteiger partial charge in [0.2, 0.25) is 0 Å². The number of nitrogens with zero attached hydrogens (tertiary/aromatic N) is 1. The lowest BCUT2D eigenvalue weighted by Crippen LogP contribution is -2.47. The quantitative estimate of drug-likeness (QED) is 0.262. The van der Waals surface area contributed by atoms with Crippen LogP contribution in [-0.2, 0) is 23.5 Å². The summed E-state index contributed by atoms with van der Waals surface area (Å²) in [7, 11) is 1.68. The summed E-state index contributed by atoms with van der Waals surface area (Å²) < 4.78 is 85.3. The molecule has 1 fully saturated rings. The Morgan fingerprint density at radius 2 is 1.58 bits per heavy atom. The lowest BCUT2D eigenvalue weighted by Gasteiger charge is -2.40. The fourth-order valence-electron chi connectivity index (χ4n) is 3.81. The minimum Gasteiger partial charge on any atom is -0.377 e. The molecule has 2 aromatic rings. The number of halogens is 7. The van der Waals surface area contributed by atoms with E-state index < -0.39 is 23.5 Å². The van der Waals surface area contributed by atoms with Crippen LogP contribution >= 0.6 is 27.7 Å². The molecule has 1 aliphatic heterocycles. The molecule has 0 amide bonds. The van der Waals surface area contributed by atoms with Crippen LogP contribution in [-0.4, -0.2) is 43.0 Å². The number of benzene rings is 2. The number of hydrogen-bond acceptors (Lipinski definition) is 3. The van der Waals surface area contributed by atoms with Crippen molar-refractivity contribution in [3.05, 3.63) is 63.6 Å². The maximum atomic E-state index is 13.1. The minimum absolute atomic E-state index is 0.0333. The van der Waals surface area contributed by atoms with Crippen LogP contribution in [0.5, 0.6) is 0 Å². The number of methoxy groups -OCH3 is 1. The summed E-state index contributed by atoms with van der Waals surface area (Å²) in [5.74, 6) is 0.760. The zero-order valence-corrected chi connectivity index (χ0v) is 20.3. The Bertz CT molecular complexity index is 909. The number of thioether (sulfide) groups is 1. The van der Waals surface area contributed by atoms with Crippen LogP contribution in [0.1, 0.15) is 29.5 Å². The van der Waals surface area contributed by atoms with Crippen LogP contribution in [0.15, 0.2) is 51.8 Å². The van der Waals surface area contributed by atoms with Crippen molar-refractivity contribution in [2.24, 2.45) is 0 Å². The van der Waals surface area contributed by atoms with Gasteiger partial charge in [-0.3, -0.25) is 0 Å². The van der Waals surface area contributed by atoms with Crippen molar-refractivity contribution in [3.8, 4) is 0 Å². The fourth-order valence-corrected chi connectivity index (χ4v) is 5.59. The highest BCUT2D eigenvalue weighted by Gasteiger charge is 2.37. The zero-order chi connectivity index (χ0) is 24.3. The first-order chi connectivity index (χ1) is 15.4. The number of ether oxygens (including phenoxy) is 1. The molecule has 10 heteroatoms. The van der Waals surface area contributed by atoms with Gasteiger partial charge < -0.3 is 9.64 Å². The van der Waals surface area contributed by atoms with Gasteiger partial charge >= 0.3 is 12.4 Å². The molecule has 0 N–H and O–H groups in total. The smallest absolute Gasteiger partial charge is 0.377 e. The largest absolute Gasteiger partial charge is 0.416 e. The molecule has 2 aromatic carbocycles. The molecule has 1 heterocycles. The van der Waals surface area contributed by atoms with Crippen LogP contribution in [0, 0.1) is 0 Å². The fraction of sp³-hybridized carbons (Fsp3) is 0.478. The van der Waals surface area contributed by atoms with Gasteiger partial charge in [0, 0.05) is 41.9 Å². The SMILES string of the molecule is COC1(CSc2cccc(Br)c2)CCN(CCc2cc(C(F)(F)F)cc(C(F)(F)F)c2)CC1. The molecule has 3 rings (SSSR count). The first kappa shape index (κ1) is 26.4. The Balaban J connectivity index is 1.59. The van der Waals surface area contributed by atoms with Crippen LogP contribution in [0.4, 0.5) is 26.3 Å². The summed E-state index contributed by atoms with van der Waals surface area (Å²) in [6.07, 6.45) is -8.07. The van der Waals surface area contributed by atoms with E-state index in [9.17, 15) is 26.3 Å². The maximum Gasteiger partial charge on any atom is 0.416 e. The van der Waals surface area contributed by atoms with Crippen molar-refractivity contribution in [2.45, 2.75) is 42.1 Å². The molecule has 1 aliphatic rings. The molecular weight excluding hydrogens is 532 g/mol. The van der Waals surface area contributed by atoms with Crippen LogP contribution < -0.4 is 0 Å². The van der Waals surface area contributed by atoms with Crippen molar-refractivity contribution in [2.75, 3.05) is 32.5 Å². The molecule has 2 nitrogen and oxygen atoms in total. The molecule has 1 saturated heterocycles. The highest BCUT2D eigenvalue weighted by atomic mass is 79.9. The van der Waals surface area contributed by atoms with Crippen LogP contribution in [0.3, 0.4) is 0 Å². The predicted octanol–water partition coefficient (Wildman–Crippen LogP) is 7.30. The Hall–Kier alpha value is -1.23. The van der Waals surface area contributed by atoms with Crippen LogP contribution in [0.25, 0.3) is 0 Å². The van der Waals surface area contributed by atoms with Gasteiger partial charge in [-0.2, -0.15) is 26.3 Å². The molecular formula is C23H24BrF6NOS. The van der Waals surface area contributed by atoms with E-state index in [0.717, 1.165) is 40.1 Å². The predicted molar refractivity (Wildman–Crippen MR) is 120 cm³/mol. The maximum absolute atomic E-state index is 13.1. The third kappa shape index (κ3) is 7.37. The molecule has 0 atom stereocenters. The Kier molecular flexibility index (Phi) is 8.46. The Morgan fingerprint density at radius 3 is 2.09 bits per heavy atom. The van der Waals surface area contributed by atoms with Crippen molar-refractivity contribution in [1.82, 2.24) is 4.90 Å². The lowest BCUT2D eigenvalue weighted by atomic mass is 9.92. The van der Waals surface area contributed by atoms with E-state index in [4.69, 9.17) is 4.74 Å². The van der Waals surface area contributed by atoms with Gasteiger partial charge in [0.15, 0.2) is 0 Å². The van der Waals surface area contributed by atoms with Gasteiger partial charge in [-0.25, -0.2) is 0 Å². The summed E-state index contributed by atoms with van der Waals surface area (Å²) in [6, 6.07) is 9.77. The molecule has 0 unspecified atom stereocenters. The average Bonchev–Trinajstić information content (AvgIpc) is 2.76. The van der Waals surface area contributed by atoms with E-state index in [1.54, 1.807) is 18.9 Å². The summed E-state index contributed by atoms with van der Waals surface area (Å²) >= 11 is 5.15. The van der Waals surface area contributed by atoms with E-state index in [1.807, 2.05) is 24.3 Å². The van der Waals surface area contributed by atoms with Gasteiger partial charge in [-0.15, -0.1) is 11.8 Å². The third-order valence-electron chi connectivity index (χ3n) is 5.86. The van der Waals surface area contributed by atoms with Gasteiger partial charge in [0.25, 0.3) is 0 Å². The second-order valence-electron chi connectivity index (χ2n) is 8.14. The number of alkyl halides is 6. The van der Waals surface area contributed by atoms with E-state index in [-0.39, 0.29) is 23.7 Å².